The highest BCUT2D eigenvalue weighted by Gasteiger charge is 2.05. The zero-order chi connectivity index (χ0) is 15.8. The third kappa shape index (κ3) is 3.88. The smallest absolute Gasteiger partial charge is 0.211 e. The number of carbonyl (C=O) groups excluding carboxylic acids is 2. The van der Waals surface area contributed by atoms with Gasteiger partial charge in [0.2, 0.25) is 6.41 Å². The minimum Gasteiger partial charge on any atom is -0.328 e. The number of hydrogen-bond acceptors (Lipinski definition) is 3. The molecule has 0 bridgehead atoms. The molecule has 112 valence electrons. The van der Waals surface area contributed by atoms with Gasteiger partial charge >= 0.3 is 0 Å². The number of aromatic nitrogens is 1. The molecule has 0 saturated carbocycles. The highest BCUT2D eigenvalue weighted by atomic mass is 16.1. The molecule has 0 atom stereocenters. The normalized spacial score (nSPS) is 10.6. The second-order valence-electron chi connectivity index (χ2n) is 4.78. The summed E-state index contributed by atoms with van der Waals surface area (Å²) in [4.78, 5) is 25.7. The van der Waals surface area contributed by atoms with E-state index in [1.54, 1.807) is 0 Å². The Kier molecular flexibility index (Phi) is 5.60. The highest BCUT2D eigenvalue weighted by molar-refractivity contribution is 5.81. The van der Waals surface area contributed by atoms with Gasteiger partial charge in [-0.15, -0.1) is 0 Å². The Labute approximate surface area is 129 Å². The lowest BCUT2D eigenvalue weighted by molar-refractivity contribution is -0.108. The van der Waals surface area contributed by atoms with Crippen molar-refractivity contribution in [3.05, 3.63) is 53.7 Å². The van der Waals surface area contributed by atoms with Gasteiger partial charge in [-0.25, -0.2) is 0 Å². The second kappa shape index (κ2) is 7.88. The number of nitrogens with one attached hydrogen (secondary N) is 1. The predicted molar refractivity (Wildman–Crippen MR) is 88.5 cm³/mol. The van der Waals surface area contributed by atoms with Gasteiger partial charge in [-0.05, 0) is 43.2 Å². The molecule has 0 saturated heterocycles. The average molecular weight is 294 g/mol. The molecule has 1 N–H and O–H groups in total. The lowest BCUT2D eigenvalue weighted by Gasteiger charge is -2.09. The monoisotopic (exact) mass is 294 g/mol. The van der Waals surface area contributed by atoms with Gasteiger partial charge in [-0.2, -0.15) is 0 Å². The molecule has 2 rings (SSSR count). The maximum atomic E-state index is 10.7. The Morgan fingerprint density at radius 3 is 2.77 bits per heavy atom. The standard InChI is InChI=1S/C18H18N2O2/c1-2-5-14-12-15(9-10-17(14)19-13-22)18-8-3-6-16(20-18)7-4-11-21/h2-3,5-6,8-13H,4,7H2,1H3,(H,19,22)/b5-2-. The molecule has 0 aliphatic heterocycles. The van der Waals surface area contributed by atoms with E-state index in [1.807, 2.05) is 55.5 Å². The van der Waals surface area contributed by atoms with Crippen LogP contribution in [0.1, 0.15) is 24.6 Å². The van der Waals surface area contributed by atoms with Gasteiger partial charge in [-0.3, -0.25) is 9.78 Å². The van der Waals surface area contributed by atoms with Gasteiger partial charge in [-0.1, -0.05) is 24.3 Å². The van der Waals surface area contributed by atoms with Crippen molar-refractivity contribution in [2.75, 3.05) is 5.32 Å². The third-order valence-electron chi connectivity index (χ3n) is 3.23. The van der Waals surface area contributed by atoms with Crippen molar-refractivity contribution in [3.8, 4) is 11.3 Å². The topological polar surface area (TPSA) is 59.1 Å². The first-order valence-corrected chi connectivity index (χ1v) is 7.15. The SMILES string of the molecule is C/C=C\c1cc(-c2cccc(CCC=O)n2)ccc1NC=O. The predicted octanol–water partition coefficient (Wildman–Crippen LogP) is 3.48. The molecule has 0 aliphatic carbocycles. The van der Waals surface area contributed by atoms with Crippen molar-refractivity contribution in [2.24, 2.45) is 0 Å². The Hall–Kier alpha value is -2.75. The molecule has 22 heavy (non-hydrogen) atoms. The Morgan fingerprint density at radius 2 is 2.05 bits per heavy atom. The maximum Gasteiger partial charge on any atom is 0.211 e. The van der Waals surface area contributed by atoms with Crippen LogP contribution in [0.5, 0.6) is 0 Å². The summed E-state index contributed by atoms with van der Waals surface area (Å²) in [6.07, 6.45) is 6.54. The fourth-order valence-corrected chi connectivity index (χ4v) is 2.22. The number of aryl methyl sites for hydroxylation is 1. The van der Waals surface area contributed by atoms with Gasteiger partial charge < -0.3 is 10.1 Å². The molecular formula is C18H18N2O2. The number of pyridine rings is 1. The van der Waals surface area contributed by atoms with Gasteiger partial charge in [0.1, 0.15) is 6.29 Å². The van der Waals surface area contributed by atoms with E-state index in [2.05, 4.69) is 10.3 Å². The van der Waals surface area contributed by atoms with Gasteiger partial charge in [0.25, 0.3) is 0 Å². The van der Waals surface area contributed by atoms with Crippen molar-refractivity contribution in [1.29, 1.82) is 0 Å². The molecule has 0 spiro atoms. The molecule has 0 radical (unpaired) electrons. The first-order chi connectivity index (χ1) is 10.8. The quantitative estimate of drug-likeness (QED) is 0.795. The molecule has 1 amide bonds. The summed E-state index contributed by atoms with van der Waals surface area (Å²) < 4.78 is 0. The molecule has 0 aliphatic rings. The molecule has 0 unspecified atom stereocenters. The Bertz CT molecular complexity index is 693. The fourth-order valence-electron chi connectivity index (χ4n) is 2.22. The Morgan fingerprint density at radius 1 is 1.18 bits per heavy atom. The number of anilines is 1. The van der Waals surface area contributed by atoms with Crippen molar-refractivity contribution in [2.45, 2.75) is 19.8 Å². The first kappa shape index (κ1) is 15.6. The Balaban J connectivity index is 2.37. The number of benzene rings is 1. The largest absolute Gasteiger partial charge is 0.328 e. The van der Waals surface area contributed by atoms with E-state index in [4.69, 9.17) is 0 Å². The zero-order valence-corrected chi connectivity index (χ0v) is 12.5. The number of rotatable bonds is 7. The molecule has 0 fully saturated rings. The van der Waals surface area contributed by atoms with Crippen LogP contribution >= 0.6 is 0 Å². The minimum atomic E-state index is 0.475. The number of carbonyl (C=O) groups is 2. The van der Waals surface area contributed by atoms with Crippen LogP contribution in [0.4, 0.5) is 5.69 Å². The van der Waals surface area contributed by atoms with E-state index >= 15 is 0 Å². The van der Waals surface area contributed by atoms with E-state index in [1.165, 1.54) is 0 Å². The van der Waals surface area contributed by atoms with E-state index in [0.717, 1.165) is 34.5 Å². The van der Waals surface area contributed by atoms with Gasteiger partial charge in [0.05, 0.1) is 5.69 Å². The summed E-state index contributed by atoms with van der Waals surface area (Å²) in [6.45, 7) is 1.93. The van der Waals surface area contributed by atoms with E-state index in [9.17, 15) is 9.59 Å². The third-order valence-corrected chi connectivity index (χ3v) is 3.23. The van der Waals surface area contributed by atoms with Crippen LogP contribution in [0.25, 0.3) is 17.3 Å². The summed E-state index contributed by atoms with van der Waals surface area (Å²) >= 11 is 0. The molecule has 1 aromatic carbocycles. The summed E-state index contributed by atoms with van der Waals surface area (Å²) in [7, 11) is 0. The molecule has 1 heterocycles. The van der Waals surface area contributed by atoms with E-state index in [0.29, 0.717) is 19.3 Å². The lowest BCUT2D eigenvalue weighted by atomic mass is 10.0. The van der Waals surface area contributed by atoms with Crippen molar-refractivity contribution >= 4 is 24.5 Å². The average Bonchev–Trinajstić information content (AvgIpc) is 2.55. The minimum absolute atomic E-state index is 0.475. The summed E-state index contributed by atoms with van der Waals surface area (Å²) in [5, 5.41) is 2.69. The lowest BCUT2D eigenvalue weighted by Crippen LogP contribution is -1.97. The van der Waals surface area contributed by atoms with Crippen LogP contribution in [0.15, 0.2) is 42.5 Å². The van der Waals surface area contributed by atoms with Gasteiger partial charge in [0.15, 0.2) is 0 Å². The van der Waals surface area contributed by atoms with Crippen LogP contribution < -0.4 is 5.32 Å². The fraction of sp³-hybridized carbons (Fsp3) is 0.167. The molecule has 4 heteroatoms. The second-order valence-corrected chi connectivity index (χ2v) is 4.78. The highest BCUT2D eigenvalue weighted by Crippen LogP contribution is 2.25. The van der Waals surface area contributed by atoms with Crippen LogP contribution in [0.2, 0.25) is 0 Å². The summed E-state index contributed by atoms with van der Waals surface area (Å²) in [6, 6.07) is 11.6. The number of allylic oxidation sites excluding steroid dienone is 1. The van der Waals surface area contributed by atoms with E-state index in [-0.39, 0.29) is 0 Å². The zero-order valence-electron chi connectivity index (χ0n) is 12.5. The summed E-state index contributed by atoms with van der Waals surface area (Å²) in [5.74, 6) is 0. The number of amides is 1. The van der Waals surface area contributed by atoms with Crippen molar-refractivity contribution < 1.29 is 9.59 Å². The number of aldehydes is 1. The van der Waals surface area contributed by atoms with E-state index < -0.39 is 0 Å². The molecule has 2 aromatic rings. The van der Waals surface area contributed by atoms with Crippen LogP contribution in [0.3, 0.4) is 0 Å². The van der Waals surface area contributed by atoms with Crippen LogP contribution in [0, 0.1) is 0 Å². The van der Waals surface area contributed by atoms with Crippen molar-refractivity contribution in [3.63, 3.8) is 0 Å². The summed E-state index contributed by atoms with van der Waals surface area (Å²) in [5.41, 5.74) is 4.40. The van der Waals surface area contributed by atoms with Gasteiger partial charge in [0, 0.05) is 23.4 Å². The number of hydrogen-bond donors (Lipinski definition) is 1. The number of nitrogens with zero attached hydrogens (tertiary/aromatic N) is 1. The van der Waals surface area contributed by atoms with Crippen LogP contribution in [-0.4, -0.2) is 17.7 Å². The first-order valence-electron chi connectivity index (χ1n) is 7.15. The maximum absolute atomic E-state index is 10.7. The molecular weight excluding hydrogens is 276 g/mol. The van der Waals surface area contributed by atoms with Crippen molar-refractivity contribution in [1.82, 2.24) is 4.98 Å². The molecule has 4 nitrogen and oxygen atoms in total. The van der Waals surface area contributed by atoms with Crippen LogP contribution in [-0.2, 0) is 16.0 Å². The molecule has 1 aromatic heterocycles.